The van der Waals surface area contributed by atoms with Crippen molar-refractivity contribution in [3.63, 3.8) is 0 Å². The Kier molecular flexibility index (Phi) is 5.40. The van der Waals surface area contributed by atoms with E-state index in [4.69, 9.17) is 0 Å². The molecule has 1 fully saturated rings. The highest BCUT2D eigenvalue weighted by Crippen LogP contribution is 2.34. The number of amides is 2. The fourth-order valence-electron chi connectivity index (χ4n) is 4.12. The second-order valence-electron chi connectivity index (χ2n) is 7.99. The second kappa shape index (κ2) is 7.86. The topological polar surface area (TPSA) is 95.5 Å². The largest absolute Gasteiger partial charge is 0.325 e. The van der Waals surface area contributed by atoms with Crippen LogP contribution in [-0.4, -0.2) is 48.2 Å². The Morgan fingerprint density at radius 3 is 2.63 bits per heavy atom. The van der Waals surface area contributed by atoms with Crippen molar-refractivity contribution in [1.82, 2.24) is 14.9 Å². The Hall–Kier alpha value is -2.68. The van der Waals surface area contributed by atoms with Crippen molar-refractivity contribution in [1.29, 1.82) is 0 Å². The summed E-state index contributed by atoms with van der Waals surface area (Å²) in [6.45, 7) is 3.96. The first-order valence-corrected chi connectivity index (χ1v) is 12.0. The lowest BCUT2D eigenvalue weighted by Crippen LogP contribution is -2.50. The van der Waals surface area contributed by atoms with Crippen LogP contribution in [0.5, 0.6) is 0 Å². The van der Waals surface area contributed by atoms with Gasteiger partial charge in [0, 0.05) is 30.5 Å². The molecule has 0 spiro atoms. The summed E-state index contributed by atoms with van der Waals surface area (Å²) in [5, 5.41) is 3.19. The lowest BCUT2D eigenvalue weighted by atomic mass is 10.1. The van der Waals surface area contributed by atoms with Gasteiger partial charge < -0.3 is 10.2 Å². The fraction of sp³-hybridized carbons (Fsp3) is 0.476. The number of urea groups is 1. The molecule has 0 radical (unpaired) electrons. The van der Waals surface area contributed by atoms with E-state index in [2.05, 4.69) is 15.3 Å². The van der Waals surface area contributed by atoms with E-state index < -0.39 is 9.84 Å². The lowest BCUT2D eigenvalue weighted by Gasteiger charge is -2.37. The van der Waals surface area contributed by atoms with Gasteiger partial charge in [-0.05, 0) is 43.5 Å². The summed E-state index contributed by atoms with van der Waals surface area (Å²) >= 11 is 0. The molecule has 8 nitrogen and oxygen atoms in total. The molecule has 9 heteroatoms. The van der Waals surface area contributed by atoms with Gasteiger partial charge in [-0.15, -0.1) is 0 Å². The number of benzene rings is 1. The molecular weight excluding hydrogens is 402 g/mol. The molecule has 4 rings (SSSR count). The molecule has 0 atom stereocenters. The zero-order chi connectivity index (χ0) is 21.5. The highest BCUT2D eigenvalue weighted by Gasteiger charge is 2.36. The van der Waals surface area contributed by atoms with Crippen molar-refractivity contribution >= 4 is 33.3 Å². The minimum Gasteiger partial charge on any atom is -0.324 e. The number of hydrogen-bond acceptors (Lipinski definition) is 6. The smallest absolute Gasteiger partial charge is 0.324 e. The van der Waals surface area contributed by atoms with Gasteiger partial charge in [-0.25, -0.2) is 18.2 Å². The molecule has 30 heavy (non-hydrogen) atoms. The van der Waals surface area contributed by atoms with Crippen molar-refractivity contribution in [2.75, 3.05) is 23.0 Å². The van der Waals surface area contributed by atoms with Gasteiger partial charge in [0.15, 0.2) is 9.84 Å². The second-order valence-corrected chi connectivity index (χ2v) is 10.3. The molecule has 2 heterocycles. The van der Waals surface area contributed by atoms with E-state index in [1.807, 2.05) is 11.8 Å². The van der Waals surface area contributed by atoms with Crippen LogP contribution < -0.4 is 10.2 Å². The summed E-state index contributed by atoms with van der Waals surface area (Å²) in [6, 6.07) is 5.12. The van der Waals surface area contributed by atoms with Crippen LogP contribution in [0, 0.1) is 6.92 Å². The molecule has 160 valence electrons. The number of fused-ring (bicyclic) bond motifs is 1. The Labute approximate surface area is 177 Å². The molecule has 1 saturated carbocycles. The number of aryl methyl sites for hydroxylation is 1. The third-order valence-electron chi connectivity index (χ3n) is 5.88. The fourth-order valence-corrected chi connectivity index (χ4v) is 5.09. The van der Waals surface area contributed by atoms with Crippen LogP contribution in [0.15, 0.2) is 29.3 Å². The van der Waals surface area contributed by atoms with E-state index in [1.54, 1.807) is 43.3 Å². The maximum absolute atomic E-state index is 12.9. The first kappa shape index (κ1) is 20.6. The van der Waals surface area contributed by atoms with Gasteiger partial charge in [-0.2, -0.15) is 4.98 Å². The van der Waals surface area contributed by atoms with Gasteiger partial charge in [0.2, 0.25) is 5.95 Å². The number of nitrogens with zero attached hydrogens (tertiary/aromatic N) is 4. The van der Waals surface area contributed by atoms with Gasteiger partial charge in [0.25, 0.3) is 0 Å². The first-order chi connectivity index (χ1) is 14.3. The third-order valence-corrected chi connectivity index (χ3v) is 7.62. The zero-order valence-electron chi connectivity index (χ0n) is 17.6. The monoisotopic (exact) mass is 429 g/mol. The quantitative estimate of drug-likeness (QED) is 0.780. The van der Waals surface area contributed by atoms with Gasteiger partial charge in [0.05, 0.1) is 17.2 Å². The Morgan fingerprint density at radius 1 is 1.23 bits per heavy atom. The summed E-state index contributed by atoms with van der Waals surface area (Å²) in [5.41, 5.74) is 2.45. The molecule has 0 bridgehead atoms. The summed E-state index contributed by atoms with van der Waals surface area (Å²) in [5.74, 6) is 1.13. The predicted molar refractivity (Wildman–Crippen MR) is 116 cm³/mol. The molecule has 0 saturated heterocycles. The number of carbonyl (C=O) groups is 1. The van der Waals surface area contributed by atoms with Crippen molar-refractivity contribution < 1.29 is 13.2 Å². The molecule has 1 aromatic heterocycles. The number of aromatic nitrogens is 2. The molecule has 1 aliphatic heterocycles. The van der Waals surface area contributed by atoms with E-state index in [1.165, 1.54) is 0 Å². The molecule has 2 aromatic rings. The zero-order valence-corrected chi connectivity index (χ0v) is 18.4. The number of anilines is 3. The van der Waals surface area contributed by atoms with Crippen molar-refractivity contribution in [3.05, 3.63) is 35.5 Å². The molecule has 1 aliphatic carbocycles. The van der Waals surface area contributed by atoms with E-state index in [0.717, 1.165) is 42.5 Å². The standard InChI is InChI=1S/C21H27N5O3S/c1-4-30(28,29)17-9-10-18(14(2)11-17)23-20-22-12-15-13-25(3)21(27)26(19(15)24-20)16-7-5-6-8-16/h9-12,16H,4-8,13H2,1-3H3,(H,22,23,24). The van der Waals surface area contributed by atoms with E-state index in [-0.39, 0.29) is 17.8 Å². The highest BCUT2D eigenvalue weighted by atomic mass is 32.2. The minimum atomic E-state index is -3.26. The Bertz CT molecular complexity index is 1080. The minimum absolute atomic E-state index is 0.0237. The summed E-state index contributed by atoms with van der Waals surface area (Å²) in [6.07, 6.45) is 5.98. The number of carbonyl (C=O) groups excluding carboxylic acids is 1. The van der Waals surface area contributed by atoms with Crippen LogP contribution in [-0.2, 0) is 16.4 Å². The van der Waals surface area contributed by atoms with E-state index in [0.29, 0.717) is 23.2 Å². The van der Waals surface area contributed by atoms with Crippen molar-refractivity contribution in [2.24, 2.45) is 0 Å². The Balaban J connectivity index is 1.65. The first-order valence-electron chi connectivity index (χ1n) is 10.3. The Morgan fingerprint density at radius 2 is 1.97 bits per heavy atom. The molecule has 2 aliphatic rings. The van der Waals surface area contributed by atoms with Gasteiger partial charge in [-0.1, -0.05) is 19.8 Å². The van der Waals surface area contributed by atoms with Crippen LogP contribution in [0.3, 0.4) is 0 Å². The van der Waals surface area contributed by atoms with Gasteiger partial charge >= 0.3 is 6.03 Å². The average molecular weight is 430 g/mol. The van der Waals surface area contributed by atoms with Crippen LogP contribution in [0.25, 0.3) is 0 Å². The number of hydrogen-bond donors (Lipinski definition) is 1. The summed E-state index contributed by atoms with van der Waals surface area (Å²) in [4.78, 5) is 25.8. The van der Waals surface area contributed by atoms with Crippen LogP contribution in [0.1, 0.15) is 43.7 Å². The molecule has 2 amide bonds. The van der Waals surface area contributed by atoms with Gasteiger partial charge in [0.1, 0.15) is 5.82 Å². The van der Waals surface area contributed by atoms with Crippen molar-refractivity contribution in [3.8, 4) is 0 Å². The average Bonchev–Trinajstić information content (AvgIpc) is 3.25. The number of rotatable bonds is 5. The lowest BCUT2D eigenvalue weighted by molar-refractivity contribution is 0.207. The van der Waals surface area contributed by atoms with E-state index in [9.17, 15) is 13.2 Å². The molecule has 1 aromatic carbocycles. The SMILES string of the molecule is CCS(=O)(=O)c1ccc(Nc2ncc3c(n2)N(C2CCCC2)C(=O)N(C)C3)c(C)c1. The van der Waals surface area contributed by atoms with Crippen LogP contribution in [0.4, 0.5) is 22.2 Å². The summed E-state index contributed by atoms with van der Waals surface area (Å²) in [7, 11) is -1.46. The maximum atomic E-state index is 12.9. The molecule has 1 N–H and O–H groups in total. The third kappa shape index (κ3) is 3.74. The number of nitrogens with one attached hydrogen (secondary N) is 1. The molecular formula is C21H27N5O3S. The summed E-state index contributed by atoms with van der Waals surface area (Å²) < 4.78 is 24.2. The normalized spacial score (nSPS) is 17.4. The van der Waals surface area contributed by atoms with Gasteiger partial charge in [-0.3, -0.25) is 4.90 Å². The maximum Gasteiger partial charge on any atom is 0.325 e. The van der Waals surface area contributed by atoms with Crippen LogP contribution in [0.2, 0.25) is 0 Å². The van der Waals surface area contributed by atoms with Crippen LogP contribution >= 0.6 is 0 Å². The van der Waals surface area contributed by atoms with E-state index >= 15 is 0 Å². The van der Waals surface area contributed by atoms with Crippen molar-refractivity contribution in [2.45, 2.75) is 57.0 Å². The highest BCUT2D eigenvalue weighted by molar-refractivity contribution is 7.91. The molecule has 0 unspecified atom stereocenters. The predicted octanol–water partition coefficient (Wildman–Crippen LogP) is 3.64. The number of sulfone groups is 1.